The lowest BCUT2D eigenvalue weighted by Gasteiger charge is -2.42. The van der Waals surface area contributed by atoms with Gasteiger partial charge in [0.1, 0.15) is 0 Å². The minimum absolute atomic E-state index is 0.119. The first-order valence-corrected chi connectivity index (χ1v) is 20.9. The van der Waals surface area contributed by atoms with Gasteiger partial charge in [0.25, 0.3) is 0 Å². The van der Waals surface area contributed by atoms with Crippen molar-refractivity contribution in [1.29, 1.82) is 0 Å². The molecule has 0 aliphatic heterocycles. The molecule has 9 aromatic rings. The first-order valence-electron chi connectivity index (χ1n) is 19.3. The minimum Gasteiger partial charge on any atom is -0.135 e. The van der Waals surface area contributed by atoms with E-state index in [9.17, 15) is 0 Å². The Morgan fingerprint density at radius 3 is 1.72 bits per heavy atom. The molecule has 2 aromatic heterocycles. The molecule has 0 fully saturated rings. The van der Waals surface area contributed by atoms with Crippen LogP contribution in [0.2, 0.25) is 0 Å². The van der Waals surface area contributed by atoms with Crippen molar-refractivity contribution < 1.29 is 0 Å². The normalized spacial score (nSPS) is 16.7. The second kappa shape index (κ2) is 10.7. The third-order valence-electron chi connectivity index (χ3n) is 13.2. The molecule has 258 valence electrons. The summed E-state index contributed by atoms with van der Waals surface area (Å²) in [4.78, 5) is 0. The summed E-state index contributed by atoms with van der Waals surface area (Å²) in [6.45, 7) is 9.84. The third-order valence-corrected chi connectivity index (χ3v) is 15.5. The molecule has 0 atom stereocenters. The van der Waals surface area contributed by atoms with Crippen molar-refractivity contribution in [1.82, 2.24) is 0 Å². The molecule has 0 saturated carbocycles. The second-order valence-electron chi connectivity index (χ2n) is 16.7. The maximum absolute atomic E-state index is 2.58. The predicted molar refractivity (Wildman–Crippen MR) is 236 cm³/mol. The smallest absolute Gasteiger partial charge is 0.0361 e. The Bertz CT molecular complexity index is 3210. The van der Waals surface area contributed by atoms with Crippen LogP contribution in [0.1, 0.15) is 68.4 Å². The molecule has 2 heterocycles. The average Bonchev–Trinajstić information content (AvgIpc) is 3.78. The van der Waals surface area contributed by atoms with E-state index >= 15 is 0 Å². The van der Waals surface area contributed by atoms with Gasteiger partial charge in [-0.05, 0) is 121 Å². The van der Waals surface area contributed by atoms with Gasteiger partial charge < -0.3 is 0 Å². The second-order valence-corrected chi connectivity index (χ2v) is 18.9. The zero-order chi connectivity index (χ0) is 36.1. The summed E-state index contributed by atoms with van der Waals surface area (Å²) in [7, 11) is 0. The standard InChI is InChI=1S/C52H38S2/c1-51(2)39-25-26-40-50-36(34-22-20-30(28-42(34)52(40,3)4)32-14-10-18-46-48(32)38-12-6-8-16-44(38)54-46)24-23-35(49(39)50)33-21-19-29(27-41(33)51)31-13-9-17-45-47(31)37-11-5-7-15-43(37)53-45/h5-19,21,23-28H,20,22H2,1-4H3. The first-order chi connectivity index (χ1) is 26.3. The van der Waals surface area contributed by atoms with Crippen molar-refractivity contribution >= 4 is 84.9 Å². The van der Waals surface area contributed by atoms with E-state index in [1.54, 1.807) is 0 Å². The first kappa shape index (κ1) is 31.1. The van der Waals surface area contributed by atoms with Crippen molar-refractivity contribution in [2.75, 3.05) is 0 Å². The van der Waals surface area contributed by atoms with Crippen LogP contribution in [0.25, 0.3) is 84.5 Å². The minimum atomic E-state index is -0.152. The number of hydrogen-bond acceptors (Lipinski definition) is 2. The number of benzene rings is 7. The maximum atomic E-state index is 2.58. The van der Waals surface area contributed by atoms with Gasteiger partial charge in [0, 0.05) is 51.2 Å². The number of fused-ring (bicyclic) bond motifs is 9. The molecule has 3 aliphatic rings. The summed E-state index contributed by atoms with van der Waals surface area (Å²) in [5.74, 6) is 0. The SMILES string of the molecule is CC1(C)C2=C(CCC(c3cccc4sc5ccccc5c34)=C2)c2ccc3c4c(ccc1c24)C(C)(C)c1cc(-c2cccc4sc5ccccc5c24)ccc1-3. The van der Waals surface area contributed by atoms with E-state index in [0.29, 0.717) is 0 Å². The van der Waals surface area contributed by atoms with Crippen LogP contribution >= 0.6 is 22.7 Å². The van der Waals surface area contributed by atoms with Gasteiger partial charge in [0.2, 0.25) is 0 Å². The lowest BCUT2D eigenvalue weighted by molar-refractivity contribution is 0.628. The fourth-order valence-corrected chi connectivity index (χ4v) is 12.9. The number of rotatable bonds is 2. The lowest BCUT2D eigenvalue weighted by atomic mass is 9.61. The van der Waals surface area contributed by atoms with Crippen LogP contribution in [-0.4, -0.2) is 0 Å². The van der Waals surface area contributed by atoms with E-state index in [4.69, 9.17) is 0 Å². The van der Waals surface area contributed by atoms with Crippen molar-refractivity contribution in [3.05, 3.63) is 167 Å². The molecule has 12 rings (SSSR count). The van der Waals surface area contributed by atoms with Gasteiger partial charge in [-0.1, -0.05) is 131 Å². The molecular weight excluding hydrogens is 689 g/mol. The quantitative estimate of drug-likeness (QED) is 0.166. The van der Waals surface area contributed by atoms with Crippen LogP contribution in [-0.2, 0) is 10.8 Å². The van der Waals surface area contributed by atoms with E-state index in [-0.39, 0.29) is 10.8 Å². The molecule has 7 aromatic carbocycles. The fraction of sp³-hybridized carbons (Fsp3) is 0.154. The molecule has 0 saturated heterocycles. The fourth-order valence-electron chi connectivity index (χ4n) is 10.6. The Kier molecular flexibility index (Phi) is 6.16. The number of hydrogen-bond donors (Lipinski definition) is 0. The molecule has 2 heteroatoms. The summed E-state index contributed by atoms with van der Waals surface area (Å²) in [6.07, 6.45) is 4.70. The number of allylic oxidation sites excluding steroid dienone is 4. The van der Waals surface area contributed by atoms with Gasteiger partial charge in [-0.2, -0.15) is 0 Å². The molecule has 0 radical (unpaired) electrons. The van der Waals surface area contributed by atoms with E-state index in [1.165, 1.54) is 118 Å². The summed E-state index contributed by atoms with van der Waals surface area (Å²) >= 11 is 3.81. The zero-order valence-corrected chi connectivity index (χ0v) is 32.6. The molecule has 0 unspecified atom stereocenters. The largest absolute Gasteiger partial charge is 0.135 e. The summed E-state index contributed by atoms with van der Waals surface area (Å²) in [6, 6.07) is 48.7. The van der Waals surface area contributed by atoms with Crippen LogP contribution in [0.15, 0.2) is 139 Å². The van der Waals surface area contributed by atoms with Gasteiger partial charge in [-0.25, -0.2) is 0 Å². The highest BCUT2D eigenvalue weighted by molar-refractivity contribution is 7.26. The van der Waals surface area contributed by atoms with Crippen molar-refractivity contribution in [3.63, 3.8) is 0 Å². The predicted octanol–water partition coefficient (Wildman–Crippen LogP) is 15.5. The third kappa shape index (κ3) is 3.98. The van der Waals surface area contributed by atoms with Gasteiger partial charge >= 0.3 is 0 Å². The zero-order valence-electron chi connectivity index (χ0n) is 30.9. The highest BCUT2D eigenvalue weighted by Crippen LogP contribution is 2.58. The van der Waals surface area contributed by atoms with E-state index in [2.05, 4.69) is 161 Å². The monoisotopic (exact) mass is 726 g/mol. The summed E-state index contributed by atoms with van der Waals surface area (Å²) in [5, 5.41) is 8.48. The number of thiophene rings is 2. The van der Waals surface area contributed by atoms with Crippen LogP contribution in [0.5, 0.6) is 0 Å². The van der Waals surface area contributed by atoms with Crippen LogP contribution in [0.4, 0.5) is 0 Å². The molecule has 0 spiro atoms. The molecule has 0 nitrogen and oxygen atoms in total. The van der Waals surface area contributed by atoms with Crippen LogP contribution < -0.4 is 0 Å². The molecule has 54 heavy (non-hydrogen) atoms. The molecule has 0 amide bonds. The van der Waals surface area contributed by atoms with Crippen molar-refractivity contribution in [2.45, 2.75) is 51.4 Å². The van der Waals surface area contributed by atoms with Gasteiger partial charge in [-0.3, -0.25) is 0 Å². The Balaban J connectivity index is 1.05. The lowest BCUT2D eigenvalue weighted by Crippen LogP contribution is -2.29. The highest BCUT2D eigenvalue weighted by Gasteiger charge is 2.41. The Morgan fingerprint density at radius 2 is 1.00 bits per heavy atom. The summed E-state index contributed by atoms with van der Waals surface area (Å²) < 4.78 is 5.46. The topological polar surface area (TPSA) is 0 Å². The summed E-state index contributed by atoms with van der Waals surface area (Å²) in [5.41, 5.74) is 16.8. The molecule has 3 aliphatic carbocycles. The molecule has 0 bridgehead atoms. The van der Waals surface area contributed by atoms with Gasteiger partial charge in [0.05, 0.1) is 0 Å². The van der Waals surface area contributed by atoms with E-state index in [1.807, 2.05) is 22.7 Å². The van der Waals surface area contributed by atoms with E-state index in [0.717, 1.165) is 12.8 Å². The Labute approximate surface area is 323 Å². The maximum Gasteiger partial charge on any atom is 0.0361 e. The highest BCUT2D eigenvalue weighted by atomic mass is 32.1. The van der Waals surface area contributed by atoms with Crippen LogP contribution in [0, 0.1) is 0 Å². The molecular formula is C52H38S2. The molecule has 0 N–H and O–H groups in total. The van der Waals surface area contributed by atoms with Crippen molar-refractivity contribution in [2.24, 2.45) is 0 Å². The Morgan fingerprint density at radius 1 is 0.426 bits per heavy atom. The average molecular weight is 727 g/mol. The van der Waals surface area contributed by atoms with Crippen molar-refractivity contribution in [3.8, 4) is 22.3 Å². The van der Waals surface area contributed by atoms with Crippen LogP contribution in [0.3, 0.4) is 0 Å². The van der Waals surface area contributed by atoms with Gasteiger partial charge in [-0.15, -0.1) is 22.7 Å². The Hall–Kier alpha value is -5.28. The van der Waals surface area contributed by atoms with E-state index < -0.39 is 0 Å². The van der Waals surface area contributed by atoms with Gasteiger partial charge in [0.15, 0.2) is 0 Å².